The molecule has 2 heterocycles. The summed E-state index contributed by atoms with van der Waals surface area (Å²) in [6, 6.07) is 13.4. The zero-order chi connectivity index (χ0) is 20.3. The molecule has 1 aromatic carbocycles. The van der Waals surface area contributed by atoms with Crippen molar-refractivity contribution in [2.24, 2.45) is 0 Å². The number of benzene rings is 1. The van der Waals surface area contributed by atoms with Gasteiger partial charge < -0.3 is 9.80 Å². The van der Waals surface area contributed by atoms with Crippen LogP contribution < -0.4 is 0 Å². The molecule has 5 nitrogen and oxygen atoms in total. The highest BCUT2D eigenvalue weighted by molar-refractivity contribution is 6.30. The van der Waals surface area contributed by atoms with Gasteiger partial charge in [0.25, 0.3) is 0 Å². The number of carbonyl (C=O) groups is 2. The Morgan fingerprint density at radius 2 is 1.59 bits per heavy atom. The van der Waals surface area contributed by atoms with Gasteiger partial charge in [-0.1, -0.05) is 42.6 Å². The van der Waals surface area contributed by atoms with Crippen LogP contribution in [0.5, 0.6) is 0 Å². The number of rotatable bonds is 4. The second-order valence-corrected chi connectivity index (χ2v) is 8.40. The SMILES string of the molecule is O=C(Cc1ccccn1)N1CCN(C(=O)C2(c3ccc(Cl)cc3)CCCC2)CC1. The van der Waals surface area contributed by atoms with Crippen LogP contribution in [0.15, 0.2) is 48.7 Å². The van der Waals surface area contributed by atoms with E-state index in [1.165, 1.54) is 0 Å². The molecule has 1 saturated heterocycles. The van der Waals surface area contributed by atoms with Gasteiger partial charge in [-0.3, -0.25) is 14.6 Å². The van der Waals surface area contributed by atoms with Gasteiger partial charge >= 0.3 is 0 Å². The van der Waals surface area contributed by atoms with Crippen LogP contribution in [-0.4, -0.2) is 52.8 Å². The lowest BCUT2D eigenvalue weighted by Gasteiger charge is -2.40. The van der Waals surface area contributed by atoms with Crippen LogP contribution in [-0.2, 0) is 21.4 Å². The Labute approximate surface area is 176 Å². The van der Waals surface area contributed by atoms with Gasteiger partial charge in [0.2, 0.25) is 11.8 Å². The maximum Gasteiger partial charge on any atom is 0.233 e. The highest BCUT2D eigenvalue weighted by atomic mass is 35.5. The third-order valence-electron chi connectivity index (χ3n) is 6.24. The number of pyridine rings is 1. The molecule has 29 heavy (non-hydrogen) atoms. The molecule has 0 N–H and O–H groups in total. The van der Waals surface area contributed by atoms with Gasteiger partial charge in [0, 0.05) is 43.1 Å². The fourth-order valence-corrected chi connectivity index (χ4v) is 4.73. The first-order chi connectivity index (χ1) is 14.1. The maximum absolute atomic E-state index is 13.6. The number of hydrogen-bond acceptors (Lipinski definition) is 3. The Morgan fingerprint density at radius 1 is 0.931 bits per heavy atom. The zero-order valence-electron chi connectivity index (χ0n) is 16.5. The van der Waals surface area contributed by atoms with Crippen LogP contribution in [0, 0.1) is 0 Å². The number of hydrogen-bond donors (Lipinski definition) is 0. The highest BCUT2D eigenvalue weighted by Crippen LogP contribution is 2.43. The number of aromatic nitrogens is 1. The van der Waals surface area contributed by atoms with E-state index in [4.69, 9.17) is 11.6 Å². The molecular formula is C23H26ClN3O2. The van der Waals surface area contributed by atoms with Crippen molar-refractivity contribution in [3.63, 3.8) is 0 Å². The van der Waals surface area contributed by atoms with E-state index >= 15 is 0 Å². The number of piperazine rings is 1. The number of halogens is 1. The predicted octanol–water partition coefficient (Wildman–Crippen LogP) is 3.46. The average Bonchev–Trinajstić information content (AvgIpc) is 3.26. The maximum atomic E-state index is 13.6. The standard InChI is InChI=1S/C23H26ClN3O2/c24-19-8-6-18(7-9-19)23(10-2-3-11-23)22(29)27-15-13-26(14-16-27)21(28)17-20-5-1-4-12-25-20/h1,4-9,12H,2-3,10-11,13-17H2. The van der Waals surface area contributed by atoms with E-state index in [2.05, 4.69) is 4.98 Å². The number of nitrogens with zero attached hydrogens (tertiary/aromatic N) is 3. The third kappa shape index (κ3) is 4.15. The molecule has 4 rings (SSSR count). The molecule has 0 unspecified atom stereocenters. The first-order valence-corrected chi connectivity index (χ1v) is 10.7. The molecule has 2 aromatic rings. The summed E-state index contributed by atoms with van der Waals surface area (Å²) < 4.78 is 0. The van der Waals surface area contributed by atoms with Crippen LogP contribution in [0.3, 0.4) is 0 Å². The van der Waals surface area contributed by atoms with E-state index in [-0.39, 0.29) is 11.8 Å². The Hall–Kier alpha value is -2.40. The van der Waals surface area contributed by atoms with E-state index in [0.29, 0.717) is 37.6 Å². The lowest BCUT2D eigenvalue weighted by Crippen LogP contribution is -2.55. The molecule has 0 spiro atoms. The Kier molecular flexibility index (Phi) is 5.86. The normalized spacial score (nSPS) is 18.7. The lowest BCUT2D eigenvalue weighted by molar-refractivity contribution is -0.143. The second-order valence-electron chi connectivity index (χ2n) is 7.97. The van der Waals surface area contributed by atoms with E-state index in [0.717, 1.165) is 36.9 Å². The van der Waals surface area contributed by atoms with Crippen molar-refractivity contribution >= 4 is 23.4 Å². The molecule has 2 aliphatic rings. The molecular weight excluding hydrogens is 386 g/mol. The van der Waals surface area contributed by atoms with Gasteiger partial charge in [-0.15, -0.1) is 0 Å². The van der Waals surface area contributed by atoms with Gasteiger partial charge in [0.15, 0.2) is 0 Å². The summed E-state index contributed by atoms with van der Waals surface area (Å²) in [5, 5.41) is 0.689. The number of carbonyl (C=O) groups excluding carboxylic acids is 2. The summed E-state index contributed by atoms with van der Waals surface area (Å²) in [6.07, 6.45) is 5.91. The van der Waals surface area contributed by atoms with Crippen molar-refractivity contribution in [3.05, 3.63) is 64.9 Å². The van der Waals surface area contributed by atoms with Crippen molar-refractivity contribution in [1.82, 2.24) is 14.8 Å². The van der Waals surface area contributed by atoms with Gasteiger partial charge in [0.05, 0.1) is 11.8 Å². The van der Waals surface area contributed by atoms with Crippen LogP contribution >= 0.6 is 11.6 Å². The van der Waals surface area contributed by atoms with E-state index < -0.39 is 5.41 Å². The van der Waals surface area contributed by atoms with Crippen LogP contribution in [0.25, 0.3) is 0 Å². The van der Waals surface area contributed by atoms with E-state index in [1.807, 2.05) is 52.3 Å². The monoisotopic (exact) mass is 411 g/mol. The van der Waals surface area contributed by atoms with Gasteiger partial charge in [0.1, 0.15) is 0 Å². The molecule has 6 heteroatoms. The molecule has 0 atom stereocenters. The lowest BCUT2D eigenvalue weighted by atomic mass is 9.77. The topological polar surface area (TPSA) is 53.5 Å². The molecule has 0 bridgehead atoms. The van der Waals surface area contributed by atoms with Gasteiger partial charge in [-0.25, -0.2) is 0 Å². The minimum atomic E-state index is -0.440. The average molecular weight is 412 g/mol. The Morgan fingerprint density at radius 3 is 2.21 bits per heavy atom. The first-order valence-electron chi connectivity index (χ1n) is 10.3. The first kappa shape index (κ1) is 19.9. The van der Waals surface area contributed by atoms with Crippen molar-refractivity contribution in [1.29, 1.82) is 0 Å². The summed E-state index contributed by atoms with van der Waals surface area (Å²) in [5.74, 6) is 0.276. The molecule has 1 aliphatic carbocycles. The Balaban J connectivity index is 1.41. The van der Waals surface area contributed by atoms with Crippen LogP contribution in [0.2, 0.25) is 5.02 Å². The predicted molar refractivity (Wildman–Crippen MR) is 113 cm³/mol. The molecule has 2 fully saturated rings. The second kappa shape index (κ2) is 8.54. The molecule has 2 amide bonds. The van der Waals surface area contributed by atoms with Gasteiger partial charge in [-0.2, -0.15) is 0 Å². The largest absolute Gasteiger partial charge is 0.339 e. The minimum Gasteiger partial charge on any atom is -0.339 e. The van der Waals surface area contributed by atoms with Crippen molar-refractivity contribution in [3.8, 4) is 0 Å². The van der Waals surface area contributed by atoms with E-state index in [1.54, 1.807) is 6.20 Å². The van der Waals surface area contributed by atoms with Crippen LogP contribution in [0.4, 0.5) is 0 Å². The molecule has 0 radical (unpaired) electrons. The minimum absolute atomic E-state index is 0.0732. The molecule has 1 aromatic heterocycles. The summed E-state index contributed by atoms with van der Waals surface area (Å²) in [6.45, 7) is 2.33. The fourth-order valence-electron chi connectivity index (χ4n) is 4.60. The van der Waals surface area contributed by atoms with Crippen LogP contribution in [0.1, 0.15) is 36.9 Å². The summed E-state index contributed by atoms with van der Waals surface area (Å²) in [4.78, 5) is 34.2. The summed E-state index contributed by atoms with van der Waals surface area (Å²) in [5.41, 5.74) is 1.41. The smallest absolute Gasteiger partial charge is 0.233 e. The fraction of sp³-hybridized carbons (Fsp3) is 0.435. The third-order valence-corrected chi connectivity index (χ3v) is 6.49. The quantitative estimate of drug-likeness (QED) is 0.774. The highest BCUT2D eigenvalue weighted by Gasteiger charge is 2.45. The zero-order valence-corrected chi connectivity index (χ0v) is 17.3. The number of amides is 2. The summed E-state index contributed by atoms with van der Waals surface area (Å²) in [7, 11) is 0. The molecule has 152 valence electrons. The van der Waals surface area contributed by atoms with Crippen molar-refractivity contribution in [2.45, 2.75) is 37.5 Å². The summed E-state index contributed by atoms with van der Waals surface area (Å²) >= 11 is 6.06. The molecule has 1 aliphatic heterocycles. The van der Waals surface area contributed by atoms with Gasteiger partial charge in [-0.05, 0) is 42.7 Å². The van der Waals surface area contributed by atoms with Crippen molar-refractivity contribution in [2.75, 3.05) is 26.2 Å². The van der Waals surface area contributed by atoms with Crippen molar-refractivity contribution < 1.29 is 9.59 Å². The Bertz CT molecular complexity index is 855. The van der Waals surface area contributed by atoms with E-state index in [9.17, 15) is 9.59 Å². The molecule has 1 saturated carbocycles.